The Morgan fingerprint density at radius 2 is 1.55 bits per heavy atom. The highest BCUT2D eigenvalue weighted by Gasteiger charge is 2.17. The highest BCUT2D eigenvalue weighted by Crippen LogP contribution is 2.26. The first kappa shape index (κ1) is 18.4. The molecule has 4 aromatic rings. The number of carbonyl (C=O) groups excluding carboxylic acids is 1. The van der Waals surface area contributed by atoms with Crippen LogP contribution >= 0.6 is 0 Å². The van der Waals surface area contributed by atoms with Crippen molar-refractivity contribution in [3.05, 3.63) is 108 Å². The predicted octanol–water partition coefficient (Wildman–Crippen LogP) is 5.44. The average molecular weight is 380 g/mol. The molecule has 142 valence electrons. The number of hydrogen-bond acceptors (Lipinski definition) is 3. The van der Waals surface area contributed by atoms with E-state index in [2.05, 4.69) is 0 Å². The van der Waals surface area contributed by atoms with Crippen LogP contribution in [0.25, 0.3) is 23.0 Å². The minimum Gasteiger partial charge on any atom is -0.497 e. The third-order valence-corrected chi connectivity index (χ3v) is 4.59. The largest absolute Gasteiger partial charge is 0.497 e. The minimum atomic E-state index is -0.0955. The fourth-order valence-electron chi connectivity index (χ4n) is 3.06. The molecule has 4 rings (SSSR count). The highest BCUT2D eigenvalue weighted by molar-refractivity contribution is 6.10. The van der Waals surface area contributed by atoms with Gasteiger partial charge in [-0.25, -0.2) is 4.68 Å². The molecule has 0 atom stereocenters. The molecule has 0 unspecified atom stereocenters. The van der Waals surface area contributed by atoms with Crippen molar-refractivity contribution in [1.82, 2.24) is 9.78 Å². The zero-order valence-electron chi connectivity index (χ0n) is 16.0. The molecule has 0 amide bonds. The topological polar surface area (TPSA) is 44.1 Å². The molecule has 0 saturated carbocycles. The Hall–Kier alpha value is -3.92. The molecule has 1 aromatic heterocycles. The van der Waals surface area contributed by atoms with Crippen LogP contribution in [0.2, 0.25) is 0 Å². The van der Waals surface area contributed by atoms with Gasteiger partial charge in [0, 0.05) is 11.8 Å². The predicted molar refractivity (Wildman–Crippen MR) is 115 cm³/mol. The van der Waals surface area contributed by atoms with Crippen LogP contribution in [-0.2, 0) is 0 Å². The van der Waals surface area contributed by atoms with E-state index in [0.717, 1.165) is 22.6 Å². The van der Waals surface area contributed by atoms with E-state index in [1.54, 1.807) is 24.1 Å². The number of para-hydroxylation sites is 1. The van der Waals surface area contributed by atoms with Crippen LogP contribution in [0.5, 0.6) is 5.75 Å². The van der Waals surface area contributed by atoms with Crippen LogP contribution in [0.4, 0.5) is 0 Å². The zero-order chi connectivity index (χ0) is 20.1. The molecule has 0 fully saturated rings. The summed E-state index contributed by atoms with van der Waals surface area (Å²) >= 11 is 0. The van der Waals surface area contributed by atoms with Crippen LogP contribution in [-0.4, -0.2) is 22.7 Å². The lowest BCUT2D eigenvalue weighted by Gasteiger charge is -2.03. The van der Waals surface area contributed by atoms with Gasteiger partial charge in [-0.15, -0.1) is 0 Å². The summed E-state index contributed by atoms with van der Waals surface area (Å²) in [6.45, 7) is 0. The second kappa shape index (κ2) is 8.40. The lowest BCUT2D eigenvalue weighted by atomic mass is 10.0. The zero-order valence-corrected chi connectivity index (χ0v) is 16.0. The fraction of sp³-hybridized carbons (Fsp3) is 0.0400. The molecule has 0 N–H and O–H groups in total. The summed E-state index contributed by atoms with van der Waals surface area (Å²) in [5.41, 5.74) is 3.91. The number of aromatic nitrogens is 2. The number of ketones is 1. The number of benzene rings is 3. The summed E-state index contributed by atoms with van der Waals surface area (Å²) in [4.78, 5) is 13.0. The van der Waals surface area contributed by atoms with Gasteiger partial charge in [-0.05, 0) is 48.0 Å². The molecule has 3 aromatic carbocycles. The number of allylic oxidation sites excluding steroid dienone is 1. The first-order chi connectivity index (χ1) is 14.2. The van der Waals surface area contributed by atoms with Crippen LogP contribution < -0.4 is 4.74 Å². The standard InChI is InChI=1S/C25H20N2O2/c1-29-22-15-13-20(14-16-22)25-23(18-27(26-25)21-10-6-3-7-11-21)24(28)17-12-19-8-4-2-5-9-19/h2-18H,1H3/b17-12+. The van der Waals surface area contributed by atoms with Crippen LogP contribution in [0.1, 0.15) is 15.9 Å². The number of nitrogens with zero attached hydrogens (tertiary/aromatic N) is 2. The van der Waals surface area contributed by atoms with Crippen molar-refractivity contribution in [3.8, 4) is 22.7 Å². The van der Waals surface area contributed by atoms with Gasteiger partial charge in [0.1, 0.15) is 11.4 Å². The van der Waals surface area contributed by atoms with Crippen LogP contribution in [0.3, 0.4) is 0 Å². The van der Waals surface area contributed by atoms with Crippen molar-refractivity contribution in [1.29, 1.82) is 0 Å². The number of hydrogen-bond donors (Lipinski definition) is 0. The Morgan fingerprint density at radius 3 is 2.21 bits per heavy atom. The lowest BCUT2D eigenvalue weighted by Crippen LogP contribution is -1.95. The number of ether oxygens (including phenoxy) is 1. The van der Waals surface area contributed by atoms with Gasteiger partial charge in [-0.1, -0.05) is 54.6 Å². The Bertz CT molecular complexity index is 1130. The van der Waals surface area contributed by atoms with Gasteiger partial charge in [0.05, 0.1) is 18.4 Å². The number of rotatable bonds is 6. The van der Waals surface area contributed by atoms with Crippen molar-refractivity contribution in [2.45, 2.75) is 0 Å². The van der Waals surface area contributed by atoms with E-state index >= 15 is 0 Å². The van der Waals surface area contributed by atoms with Crippen LogP contribution in [0, 0.1) is 0 Å². The summed E-state index contributed by atoms with van der Waals surface area (Å²) in [7, 11) is 1.63. The molecule has 0 aliphatic heterocycles. The molecule has 1 heterocycles. The number of carbonyl (C=O) groups is 1. The molecule has 0 bridgehead atoms. The van der Waals surface area contributed by atoms with Gasteiger partial charge in [0.15, 0.2) is 5.78 Å². The smallest absolute Gasteiger partial charge is 0.189 e. The second-order valence-corrected chi connectivity index (χ2v) is 6.51. The minimum absolute atomic E-state index is 0.0955. The van der Waals surface area contributed by atoms with Crippen molar-refractivity contribution >= 4 is 11.9 Å². The quantitative estimate of drug-likeness (QED) is 0.330. The Kier molecular flexibility index (Phi) is 5.34. The van der Waals surface area contributed by atoms with E-state index in [1.807, 2.05) is 91.0 Å². The van der Waals surface area contributed by atoms with Gasteiger partial charge >= 0.3 is 0 Å². The SMILES string of the molecule is COc1ccc(-c2nn(-c3ccccc3)cc2C(=O)/C=C/c2ccccc2)cc1. The van der Waals surface area contributed by atoms with Gasteiger partial charge in [-0.3, -0.25) is 4.79 Å². The Balaban J connectivity index is 1.75. The molecule has 4 heteroatoms. The molecule has 0 aliphatic carbocycles. The van der Waals surface area contributed by atoms with Gasteiger partial charge in [0.2, 0.25) is 0 Å². The molecule has 0 spiro atoms. The van der Waals surface area contributed by atoms with E-state index in [9.17, 15) is 4.79 Å². The maximum absolute atomic E-state index is 13.0. The van der Waals surface area contributed by atoms with Crippen molar-refractivity contribution in [2.24, 2.45) is 0 Å². The molecular weight excluding hydrogens is 360 g/mol. The molecule has 4 nitrogen and oxygen atoms in total. The van der Waals surface area contributed by atoms with Gasteiger partial charge in [-0.2, -0.15) is 5.10 Å². The fourth-order valence-corrected chi connectivity index (χ4v) is 3.06. The number of methoxy groups -OCH3 is 1. The van der Waals surface area contributed by atoms with Gasteiger partial charge < -0.3 is 4.74 Å². The molecule has 0 saturated heterocycles. The monoisotopic (exact) mass is 380 g/mol. The molecular formula is C25H20N2O2. The lowest BCUT2D eigenvalue weighted by molar-refractivity contribution is 0.104. The van der Waals surface area contributed by atoms with Crippen molar-refractivity contribution < 1.29 is 9.53 Å². The third-order valence-electron chi connectivity index (χ3n) is 4.59. The van der Waals surface area contributed by atoms with Crippen molar-refractivity contribution in [3.63, 3.8) is 0 Å². The second-order valence-electron chi connectivity index (χ2n) is 6.51. The summed E-state index contributed by atoms with van der Waals surface area (Å²) < 4.78 is 6.98. The molecule has 29 heavy (non-hydrogen) atoms. The Labute approximate surface area is 169 Å². The normalized spacial score (nSPS) is 10.9. The van der Waals surface area contributed by atoms with E-state index in [0.29, 0.717) is 11.3 Å². The summed E-state index contributed by atoms with van der Waals surface area (Å²) in [5.74, 6) is 0.662. The summed E-state index contributed by atoms with van der Waals surface area (Å²) in [6, 6.07) is 27.1. The average Bonchev–Trinajstić information content (AvgIpc) is 3.24. The maximum Gasteiger partial charge on any atom is 0.189 e. The van der Waals surface area contributed by atoms with Gasteiger partial charge in [0.25, 0.3) is 0 Å². The maximum atomic E-state index is 13.0. The Morgan fingerprint density at radius 1 is 0.897 bits per heavy atom. The summed E-state index contributed by atoms with van der Waals surface area (Å²) in [6.07, 6.45) is 5.20. The first-order valence-electron chi connectivity index (χ1n) is 9.31. The van der Waals surface area contributed by atoms with E-state index in [4.69, 9.17) is 9.84 Å². The highest BCUT2D eigenvalue weighted by atomic mass is 16.5. The van der Waals surface area contributed by atoms with E-state index in [-0.39, 0.29) is 5.78 Å². The van der Waals surface area contributed by atoms with Crippen molar-refractivity contribution in [2.75, 3.05) is 7.11 Å². The van der Waals surface area contributed by atoms with Crippen LogP contribution in [0.15, 0.2) is 97.2 Å². The van der Waals surface area contributed by atoms with E-state index < -0.39 is 0 Å². The molecule has 0 radical (unpaired) electrons. The first-order valence-corrected chi connectivity index (χ1v) is 9.31. The third kappa shape index (κ3) is 4.17. The summed E-state index contributed by atoms with van der Waals surface area (Å²) in [5, 5.41) is 4.70. The van der Waals surface area contributed by atoms with E-state index in [1.165, 1.54) is 0 Å². The molecule has 0 aliphatic rings.